The molecule has 2 aliphatic rings. The zero-order chi connectivity index (χ0) is 14.9. The fourth-order valence-corrected chi connectivity index (χ4v) is 6.96. The number of hydrogen-bond acceptors (Lipinski definition) is 3. The monoisotopic (exact) mass is 435 g/mol. The van der Waals surface area contributed by atoms with Crippen LogP contribution >= 0.6 is 43.2 Å². The van der Waals surface area contributed by atoms with Crippen LogP contribution in [0.2, 0.25) is 0 Å². The van der Waals surface area contributed by atoms with E-state index in [4.69, 9.17) is 4.74 Å². The number of hydrogen-bond donors (Lipinski definition) is 1. The van der Waals surface area contributed by atoms with Gasteiger partial charge >= 0.3 is 0 Å². The summed E-state index contributed by atoms with van der Waals surface area (Å²) in [5.74, 6) is 0.676. The van der Waals surface area contributed by atoms with Crippen molar-refractivity contribution in [3.05, 3.63) is 19.2 Å². The summed E-state index contributed by atoms with van der Waals surface area (Å²) in [6.07, 6.45) is 7.58. The molecule has 0 amide bonds. The van der Waals surface area contributed by atoms with E-state index in [1.54, 1.807) is 11.3 Å². The van der Waals surface area contributed by atoms with Crippen molar-refractivity contribution < 1.29 is 4.74 Å². The molecule has 1 saturated heterocycles. The summed E-state index contributed by atoms with van der Waals surface area (Å²) in [4.78, 5) is 0. The number of halogens is 2. The van der Waals surface area contributed by atoms with E-state index in [0.29, 0.717) is 12.0 Å². The first kappa shape index (κ1) is 16.4. The Kier molecular flexibility index (Phi) is 5.48. The summed E-state index contributed by atoms with van der Waals surface area (Å²) in [6, 6.07) is 2.71. The maximum absolute atomic E-state index is 6.21. The second-order valence-corrected chi connectivity index (χ2v) is 10.1. The second kappa shape index (κ2) is 7.00. The first-order chi connectivity index (χ1) is 10.1. The second-order valence-electron chi connectivity index (χ2n) is 6.31. The van der Waals surface area contributed by atoms with Crippen LogP contribution in [0.3, 0.4) is 0 Å². The van der Waals surface area contributed by atoms with E-state index < -0.39 is 0 Å². The van der Waals surface area contributed by atoms with Gasteiger partial charge in [-0.3, -0.25) is 0 Å². The lowest BCUT2D eigenvalue weighted by molar-refractivity contribution is -0.0981. The molecule has 0 radical (unpaired) electrons. The molecule has 2 heterocycles. The molecule has 1 N–H and O–H groups in total. The van der Waals surface area contributed by atoms with Gasteiger partial charge in [0.1, 0.15) is 0 Å². The minimum atomic E-state index is 0.191. The minimum Gasteiger partial charge on any atom is -0.375 e. The molecule has 0 bridgehead atoms. The molecular formula is C16H23Br2NOS. The lowest BCUT2D eigenvalue weighted by Crippen LogP contribution is -2.42. The summed E-state index contributed by atoms with van der Waals surface area (Å²) in [5, 5.41) is 3.73. The van der Waals surface area contributed by atoms with E-state index in [1.807, 2.05) is 0 Å². The molecule has 1 saturated carbocycles. The first-order valence-electron chi connectivity index (χ1n) is 7.95. The van der Waals surface area contributed by atoms with Gasteiger partial charge in [-0.1, -0.05) is 19.8 Å². The van der Waals surface area contributed by atoms with Gasteiger partial charge in [-0.15, -0.1) is 11.3 Å². The molecular weight excluding hydrogens is 414 g/mol. The van der Waals surface area contributed by atoms with Crippen LogP contribution in [-0.4, -0.2) is 18.8 Å². The van der Waals surface area contributed by atoms with Crippen LogP contribution in [0.15, 0.2) is 13.6 Å². The molecule has 1 aromatic rings. The fraction of sp³-hybridized carbons (Fsp3) is 0.750. The van der Waals surface area contributed by atoms with Gasteiger partial charge in [0.15, 0.2) is 0 Å². The summed E-state index contributed by atoms with van der Waals surface area (Å²) in [7, 11) is 0. The van der Waals surface area contributed by atoms with Crippen molar-refractivity contribution >= 4 is 43.2 Å². The van der Waals surface area contributed by atoms with E-state index in [2.05, 4.69) is 50.2 Å². The van der Waals surface area contributed by atoms with E-state index in [1.165, 1.54) is 51.7 Å². The number of nitrogens with one attached hydrogen (secondary N) is 1. The molecule has 0 aromatic carbocycles. The highest BCUT2D eigenvalue weighted by molar-refractivity contribution is 9.12. The average molecular weight is 437 g/mol. The van der Waals surface area contributed by atoms with Crippen LogP contribution in [0, 0.1) is 5.92 Å². The Balaban J connectivity index is 1.81. The van der Waals surface area contributed by atoms with Crippen LogP contribution in [0.25, 0.3) is 0 Å². The van der Waals surface area contributed by atoms with Gasteiger partial charge in [-0.2, -0.15) is 0 Å². The van der Waals surface area contributed by atoms with Crippen molar-refractivity contribution in [2.75, 3.05) is 13.2 Å². The molecule has 118 valence electrons. The number of ether oxygens (including phenoxy) is 1. The number of rotatable bonds is 4. The Hall–Kier alpha value is 0.580. The Morgan fingerprint density at radius 1 is 1.43 bits per heavy atom. The predicted octanol–water partition coefficient (Wildman–Crippen LogP) is 5.66. The van der Waals surface area contributed by atoms with Gasteiger partial charge in [-0.25, -0.2) is 0 Å². The highest BCUT2D eigenvalue weighted by Crippen LogP contribution is 2.47. The third-order valence-electron chi connectivity index (χ3n) is 4.96. The molecule has 2 fully saturated rings. The highest BCUT2D eigenvalue weighted by atomic mass is 79.9. The van der Waals surface area contributed by atoms with Crippen LogP contribution in [0.1, 0.15) is 57.1 Å². The third kappa shape index (κ3) is 3.57. The van der Waals surface area contributed by atoms with Crippen molar-refractivity contribution in [2.45, 2.75) is 57.1 Å². The lowest BCUT2D eigenvalue weighted by Gasteiger charge is -2.41. The molecule has 1 aromatic heterocycles. The van der Waals surface area contributed by atoms with Gasteiger partial charge < -0.3 is 10.1 Å². The van der Waals surface area contributed by atoms with E-state index in [-0.39, 0.29) is 5.60 Å². The van der Waals surface area contributed by atoms with E-state index >= 15 is 0 Å². The van der Waals surface area contributed by atoms with Crippen molar-refractivity contribution in [1.82, 2.24) is 5.32 Å². The van der Waals surface area contributed by atoms with Gasteiger partial charge in [0.2, 0.25) is 0 Å². The lowest BCUT2D eigenvalue weighted by atomic mass is 9.79. The third-order valence-corrected chi connectivity index (χ3v) is 7.35. The predicted molar refractivity (Wildman–Crippen MR) is 96.0 cm³/mol. The normalized spacial score (nSPS) is 26.3. The zero-order valence-electron chi connectivity index (χ0n) is 12.5. The maximum atomic E-state index is 6.21. The molecule has 3 rings (SSSR count). The molecule has 2 atom stereocenters. The van der Waals surface area contributed by atoms with Crippen molar-refractivity contribution in [3.8, 4) is 0 Å². The Morgan fingerprint density at radius 3 is 2.81 bits per heavy atom. The number of thiophene rings is 1. The van der Waals surface area contributed by atoms with Gasteiger partial charge in [0.05, 0.1) is 13.2 Å². The smallest absolute Gasteiger partial charge is 0.0758 e. The SMILES string of the molecule is CCNC(c1cc(Br)sc1Br)C1CCOC2(CCCC2)C1. The quantitative estimate of drug-likeness (QED) is 0.656. The molecule has 2 nitrogen and oxygen atoms in total. The van der Waals surface area contributed by atoms with E-state index in [0.717, 1.165) is 13.2 Å². The van der Waals surface area contributed by atoms with Crippen molar-refractivity contribution in [2.24, 2.45) is 5.92 Å². The zero-order valence-corrected chi connectivity index (χ0v) is 16.4. The largest absolute Gasteiger partial charge is 0.375 e. The summed E-state index contributed by atoms with van der Waals surface area (Å²) >= 11 is 9.14. The summed E-state index contributed by atoms with van der Waals surface area (Å²) < 4.78 is 8.67. The van der Waals surface area contributed by atoms with Crippen LogP contribution in [-0.2, 0) is 4.74 Å². The van der Waals surface area contributed by atoms with Gasteiger partial charge in [0, 0.05) is 12.6 Å². The average Bonchev–Trinajstić information content (AvgIpc) is 3.03. The van der Waals surface area contributed by atoms with Crippen LogP contribution in [0.4, 0.5) is 0 Å². The molecule has 21 heavy (non-hydrogen) atoms. The van der Waals surface area contributed by atoms with Gasteiger partial charge in [0.25, 0.3) is 0 Å². The molecule has 1 aliphatic carbocycles. The summed E-state index contributed by atoms with van der Waals surface area (Å²) in [6.45, 7) is 4.14. The minimum absolute atomic E-state index is 0.191. The van der Waals surface area contributed by atoms with Crippen LogP contribution < -0.4 is 5.32 Å². The van der Waals surface area contributed by atoms with Crippen LogP contribution in [0.5, 0.6) is 0 Å². The molecule has 2 unspecified atom stereocenters. The van der Waals surface area contributed by atoms with Crippen molar-refractivity contribution in [1.29, 1.82) is 0 Å². The summed E-state index contributed by atoms with van der Waals surface area (Å²) in [5.41, 5.74) is 1.60. The first-order valence-corrected chi connectivity index (χ1v) is 10.4. The molecule has 5 heteroatoms. The Morgan fingerprint density at radius 2 is 2.19 bits per heavy atom. The topological polar surface area (TPSA) is 21.3 Å². The van der Waals surface area contributed by atoms with E-state index in [9.17, 15) is 0 Å². The molecule has 1 spiro atoms. The maximum Gasteiger partial charge on any atom is 0.0758 e. The van der Waals surface area contributed by atoms with Crippen molar-refractivity contribution in [3.63, 3.8) is 0 Å². The Labute approximate surface area is 148 Å². The molecule has 1 aliphatic heterocycles. The van der Waals surface area contributed by atoms with Gasteiger partial charge in [-0.05, 0) is 81.6 Å². The fourth-order valence-electron chi connectivity index (χ4n) is 4.03. The Bertz CT molecular complexity index is 485. The standard InChI is InChI=1S/C16H23Br2NOS/c1-2-19-14(12-9-13(17)21-15(12)18)11-5-8-20-16(10-11)6-3-4-7-16/h9,11,14,19H,2-8,10H2,1H3. The highest BCUT2D eigenvalue weighted by Gasteiger charge is 2.42.